The fourth-order valence-electron chi connectivity index (χ4n) is 6.37. The summed E-state index contributed by atoms with van der Waals surface area (Å²) < 4.78 is 75.2. The molecule has 0 radical (unpaired) electrons. The van der Waals surface area contributed by atoms with Gasteiger partial charge in [0.05, 0.1) is 47.5 Å². The molecule has 0 saturated carbocycles. The predicted molar refractivity (Wildman–Crippen MR) is 193 cm³/mol. The molecule has 2 aromatic heterocycles. The van der Waals surface area contributed by atoms with E-state index in [-0.39, 0.29) is 91.7 Å². The Balaban J connectivity index is 1.68. The minimum absolute atomic E-state index is 0.0400. The maximum Gasteiger partial charge on any atom is 0.252 e. The summed E-state index contributed by atoms with van der Waals surface area (Å²) in [7, 11) is 2.54. The van der Waals surface area contributed by atoms with Crippen molar-refractivity contribution in [2.45, 2.75) is 13.1 Å². The standard InChI is InChI=1S/C34H31F4N13O4/c1-54-27-15(31(41)52)3-5-21-25(27)45-33(23-17(29(39)47-43)9-13(35)11-19(23)37)50(21)7-8-51-22-6-4-16(32(42)53)28(55-2)26(22)46-34(51)24-18(30(40)48-49-44)10-14(36)12-20(24)38/h3-6,9-12,49H,7-8,43-44H2,1-2H3,(H2,39,47)(H2,40,48)(H2,41,52)(H2,42,53). The highest BCUT2D eigenvalue weighted by molar-refractivity contribution is 6.06. The Morgan fingerprint density at radius 2 is 1.11 bits per heavy atom. The van der Waals surface area contributed by atoms with Gasteiger partial charge in [-0.15, -0.1) is 5.10 Å². The number of hydrazone groups is 2. The first-order valence-electron chi connectivity index (χ1n) is 15.8. The lowest BCUT2D eigenvalue weighted by Crippen LogP contribution is -2.24. The number of amides is 2. The summed E-state index contributed by atoms with van der Waals surface area (Å²) in [5.41, 5.74) is 24.6. The molecule has 0 atom stereocenters. The first-order valence-corrected chi connectivity index (χ1v) is 15.8. The topological polar surface area (TPSA) is 281 Å². The lowest BCUT2D eigenvalue weighted by molar-refractivity contribution is 0.0989. The quantitative estimate of drug-likeness (QED) is 0.0311. The van der Waals surface area contributed by atoms with Crippen molar-refractivity contribution in [3.8, 4) is 34.3 Å². The van der Waals surface area contributed by atoms with Gasteiger partial charge < -0.3 is 47.4 Å². The van der Waals surface area contributed by atoms with Crippen molar-refractivity contribution in [3.05, 3.63) is 94.1 Å². The molecule has 55 heavy (non-hydrogen) atoms. The van der Waals surface area contributed by atoms with Gasteiger partial charge in [0.15, 0.2) is 23.2 Å². The van der Waals surface area contributed by atoms with Gasteiger partial charge >= 0.3 is 0 Å². The number of ether oxygens (including phenoxy) is 2. The Morgan fingerprint density at radius 3 is 1.47 bits per heavy atom. The number of primary amides is 2. The summed E-state index contributed by atoms with van der Waals surface area (Å²) in [5, 5.41) is 7.10. The Labute approximate surface area is 307 Å². The van der Waals surface area contributed by atoms with E-state index >= 15 is 8.78 Å². The van der Waals surface area contributed by atoms with E-state index in [2.05, 4.69) is 20.2 Å². The van der Waals surface area contributed by atoms with E-state index in [0.29, 0.717) is 12.1 Å². The zero-order valence-corrected chi connectivity index (χ0v) is 28.8. The van der Waals surface area contributed by atoms with Crippen molar-refractivity contribution < 1.29 is 36.6 Å². The van der Waals surface area contributed by atoms with Crippen molar-refractivity contribution in [2.24, 2.45) is 44.8 Å². The molecule has 21 heteroatoms. The normalized spacial score (nSPS) is 12.1. The molecule has 6 aromatic rings. The molecule has 284 valence electrons. The van der Waals surface area contributed by atoms with E-state index in [9.17, 15) is 18.4 Å². The predicted octanol–water partition coefficient (Wildman–Crippen LogP) is 1.85. The number of nitrogens with two attached hydrogens (primary N) is 6. The molecular formula is C34H31F4N13O4. The summed E-state index contributed by atoms with van der Waals surface area (Å²) in [6, 6.07) is 8.70. The van der Waals surface area contributed by atoms with Gasteiger partial charge in [-0.05, 0) is 36.4 Å². The highest BCUT2D eigenvalue weighted by Crippen LogP contribution is 2.38. The number of halogens is 4. The molecule has 0 spiro atoms. The number of imidazole rings is 2. The van der Waals surface area contributed by atoms with Gasteiger partial charge in [0.25, 0.3) is 11.8 Å². The second-order valence-electron chi connectivity index (χ2n) is 11.7. The maximum absolute atomic E-state index is 16.0. The number of nitrogens with one attached hydrogen (secondary N) is 1. The molecule has 0 bridgehead atoms. The number of aryl methyl sites for hydroxylation is 2. The SMILES string of the molecule is COc1c(C(N)=O)ccc2c1nc(-c1c(F)cc(F)cc1/C(N)=N/N)n2CCn1c(-c2c(F)cc(F)cc2/C(N)=N/NN)nc2c(OC)c(C(N)=O)ccc21. The van der Waals surface area contributed by atoms with Crippen LogP contribution in [0.1, 0.15) is 31.8 Å². The molecule has 0 aliphatic carbocycles. The smallest absolute Gasteiger partial charge is 0.252 e. The van der Waals surface area contributed by atoms with Crippen LogP contribution in [-0.2, 0) is 13.1 Å². The van der Waals surface area contributed by atoms with Gasteiger partial charge in [-0.2, -0.15) is 5.10 Å². The van der Waals surface area contributed by atoms with Crippen LogP contribution in [-0.4, -0.2) is 56.8 Å². The summed E-state index contributed by atoms with van der Waals surface area (Å²) in [6.45, 7) is -0.352. The second-order valence-corrected chi connectivity index (χ2v) is 11.7. The molecule has 0 fully saturated rings. The molecule has 0 unspecified atom stereocenters. The molecule has 0 aliphatic rings. The van der Waals surface area contributed by atoms with Crippen molar-refractivity contribution in [1.82, 2.24) is 24.6 Å². The zero-order chi connectivity index (χ0) is 39.9. The average molecular weight is 762 g/mol. The monoisotopic (exact) mass is 761 g/mol. The number of carbonyl (C=O) groups is 2. The third-order valence-electron chi connectivity index (χ3n) is 8.67. The molecule has 17 nitrogen and oxygen atoms in total. The van der Waals surface area contributed by atoms with Crippen molar-refractivity contribution in [1.29, 1.82) is 0 Å². The van der Waals surface area contributed by atoms with Crippen LogP contribution in [0.25, 0.3) is 44.8 Å². The third kappa shape index (κ3) is 6.37. The Morgan fingerprint density at radius 1 is 0.691 bits per heavy atom. The molecule has 0 saturated heterocycles. The van der Waals surface area contributed by atoms with E-state index in [4.69, 9.17) is 44.1 Å². The number of hydrogen-bond donors (Lipinski definition) is 7. The molecule has 0 aliphatic heterocycles. The van der Waals surface area contributed by atoms with Crippen LogP contribution in [0, 0.1) is 23.3 Å². The van der Waals surface area contributed by atoms with E-state index < -0.39 is 46.8 Å². The molecule has 6 rings (SSSR count). The number of aromatic nitrogens is 4. The van der Waals surface area contributed by atoms with E-state index in [1.54, 1.807) is 0 Å². The number of hydrogen-bond acceptors (Lipinski definition) is 11. The Kier molecular flexibility index (Phi) is 9.87. The van der Waals surface area contributed by atoms with Gasteiger partial charge in [0.1, 0.15) is 46.0 Å². The van der Waals surface area contributed by atoms with Crippen LogP contribution in [0.4, 0.5) is 17.6 Å². The van der Waals surface area contributed by atoms with Crippen molar-refractivity contribution in [2.75, 3.05) is 14.2 Å². The number of hydrazine groups is 1. The number of amidine groups is 2. The Bertz CT molecular complexity index is 2620. The highest BCUT2D eigenvalue weighted by atomic mass is 19.1. The van der Waals surface area contributed by atoms with E-state index in [1.807, 2.05) is 5.53 Å². The minimum Gasteiger partial charge on any atom is -0.494 e. The highest BCUT2D eigenvalue weighted by Gasteiger charge is 2.29. The largest absolute Gasteiger partial charge is 0.494 e. The van der Waals surface area contributed by atoms with Crippen LogP contribution in [0.3, 0.4) is 0 Å². The molecule has 2 amide bonds. The molecule has 2 heterocycles. The van der Waals surface area contributed by atoms with Crippen molar-refractivity contribution >= 4 is 45.6 Å². The summed E-state index contributed by atoms with van der Waals surface area (Å²) in [5.74, 6) is 3.51. The van der Waals surface area contributed by atoms with Gasteiger partial charge in [-0.25, -0.2) is 38.9 Å². The molecule has 13 N–H and O–H groups in total. The number of rotatable bonds is 12. The lowest BCUT2D eigenvalue weighted by atomic mass is 10.0. The third-order valence-corrected chi connectivity index (χ3v) is 8.67. The van der Waals surface area contributed by atoms with E-state index in [1.165, 1.54) is 47.6 Å². The fraction of sp³-hybridized carbons (Fsp3) is 0.118. The van der Waals surface area contributed by atoms with Gasteiger partial charge in [-0.1, -0.05) is 0 Å². The maximum atomic E-state index is 16.0. The molecule has 4 aromatic carbocycles. The second kappa shape index (κ2) is 14.5. The number of carbonyl (C=O) groups excluding carboxylic acids is 2. The first-order chi connectivity index (χ1) is 26.3. The van der Waals surface area contributed by atoms with E-state index in [0.717, 1.165) is 12.1 Å². The zero-order valence-electron chi connectivity index (χ0n) is 28.8. The van der Waals surface area contributed by atoms with Crippen LogP contribution < -0.4 is 49.6 Å². The van der Waals surface area contributed by atoms with Gasteiger partial charge in [0.2, 0.25) is 0 Å². The fourth-order valence-corrected chi connectivity index (χ4v) is 6.37. The summed E-state index contributed by atoms with van der Waals surface area (Å²) in [4.78, 5) is 34.0. The number of fused-ring (bicyclic) bond motifs is 2. The number of benzene rings is 4. The van der Waals surface area contributed by atoms with Crippen LogP contribution >= 0.6 is 0 Å². The Hall–Kier alpha value is -7.42. The van der Waals surface area contributed by atoms with Crippen LogP contribution in [0.15, 0.2) is 58.7 Å². The minimum atomic E-state index is -1.11. The number of nitrogens with zero attached hydrogens (tertiary/aromatic N) is 6. The van der Waals surface area contributed by atoms with Crippen molar-refractivity contribution in [3.63, 3.8) is 0 Å². The average Bonchev–Trinajstić information content (AvgIpc) is 3.69. The number of methoxy groups -OCH3 is 2. The van der Waals surface area contributed by atoms with Gasteiger partial charge in [-0.3, -0.25) is 9.59 Å². The van der Waals surface area contributed by atoms with Crippen LogP contribution in [0.2, 0.25) is 0 Å². The summed E-state index contributed by atoms with van der Waals surface area (Å²) in [6.07, 6.45) is 0. The summed E-state index contributed by atoms with van der Waals surface area (Å²) >= 11 is 0. The lowest BCUT2D eigenvalue weighted by Gasteiger charge is -2.17. The van der Waals surface area contributed by atoms with Gasteiger partial charge in [0, 0.05) is 36.3 Å². The molecular weight excluding hydrogens is 730 g/mol. The first kappa shape index (κ1) is 37.3. The van der Waals surface area contributed by atoms with Crippen LogP contribution in [0.5, 0.6) is 11.5 Å².